The number of nitrogens with two attached hydrogens (primary N) is 1. The van der Waals surface area contributed by atoms with Gasteiger partial charge >= 0.3 is 0 Å². The summed E-state index contributed by atoms with van der Waals surface area (Å²) in [5.41, 5.74) is 2.40. The lowest BCUT2D eigenvalue weighted by Crippen LogP contribution is -2.10. The molecule has 0 spiro atoms. The van der Waals surface area contributed by atoms with Gasteiger partial charge in [-0.1, -0.05) is 0 Å². The minimum atomic E-state index is 0.397. The first-order chi connectivity index (χ1) is 7.90. The summed E-state index contributed by atoms with van der Waals surface area (Å²) in [4.78, 5) is 8.87. The van der Waals surface area contributed by atoms with Crippen LogP contribution < -0.4 is 10.6 Å². The molecule has 86 valence electrons. The Morgan fingerprint density at radius 2 is 2.00 bits per heavy atom. The molecule has 1 aliphatic rings. The smallest absolute Gasteiger partial charge is 0.119 e. The molecule has 0 radical (unpaired) electrons. The Bertz CT molecular complexity index is 360. The summed E-state index contributed by atoms with van der Waals surface area (Å²) in [6.45, 7) is 1.83. The van der Waals surface area contributed by atoms with Crippen molar-refractivity contribution in [3.63, 3.8) is 0 Å². The fourth-order valence-electron chi connectivity index (χ4n) is 1.73. The van der Waals surface area contributed by atoms with E-state index in [0.717, 1.165) is 18.7 Å². The first-order valence-electron chi connectivity index (χ1n) is 5.48. The summed E-state index contributed by atoms with van der Waals surface area (Å²) in [5, 5.41) is 0. The standard InChI is InChI=1S/C12H16N2O2/c13-16-9-8-15-11-5-3-10(4-6-11)12-2-1-7-14-12/h3-6H,1-2,7-9,13H2. The number of hydrogen-bond donors (Lipinski definition) is 1. The maximum Gasteiger partial charge on any atom is 0.119 e. The van der Waals surface area contributed by atoms with Crippen LogP contribution in [0, 0.1) is 0 Å². The second-order valence-electron chi connectivity index (χ2n) is 3.68. The van der Waals surface area contributed by atoms with Crippen LogP contribution in [0.5, 0.6) is 5.75 Å². The second kappa shape index (κ2) is 5.63. The van der Waals surface area contributed by atoms with Crippen molar-refractivity contribution >= 4 is 5.71 Å². The molecule has 1 heterocycles. The van der Waals surface area contributed by atoms with Crippen LogP contribution in [-0.4, -0.2) is 25.5 Å². The van der Waals surface area contributed by atoms with E-state index in [-0.39, 0.29) is 0 Å². The maximum atomic E-state index is 5.42. The van der Waals surface area contributed by atoms with Crippen LogP contribution in [0.4, 0.5) is 0 Å². The van der Waals surface area contributed by atoms with Gasteiger partial charge in [0.1, 0.15) is 19.0 Å². The molecular formula is C12H16N2O2. The van der Waals surface area contributed by atoms with Crippen molar-refractivity contribution in [2.75, 3.05) is 19.8 Å². The fourth-order valence-corrected chi connectivity index (χ4v) is 1.73. The number of rotatable bonds is 5. The van der Waals surface area contributed by atoms with Gasteiger partial charge in [0.15, 0.2) is 0 Å². The first-order valence-corrected chi connectivity index (χ1v) is 5.48. The quantitative estimate of drug-likeness (QED) is 0.605. The van der Waals surface area contributed by atoms with Gasteiger partial charge in [-0.25, -0.2) is 5.90 Å². The van der Waals surface area contributed by atoms with Gasteiger partial charge in [-0.2, -0.15) is 0 Å². The van der Waals surface area contributed by atoms with Crippen LogP contribution in [0.15, 0.2) is 29.3 Å². The van der Waals surface area contributed by atoms with Crippen LogP contribution in [0.1, 0.15) is 18.4 Å². The average Bonchev–Trinajstić information content (AvgIpc) is 2.84. The first kappa shape index (κ1) is 11.1. The highest BCUT2D eigenvalue weighted by atomic mass is 16.6. The summed E-state index contributed by atoms with van der Waals surface area (Å²) in [6, 6.07) is 7.99. The third-order valence-corrected chi connectivity index (χ3v) is 2.53. The van der Waals surface area contributed by atoms with E-state index in [9.17, 15) is 0 Å². The Balaban J connectivity index is 1.93. The summed E-state index contributed by atoms with van der Waals surface area (Å²) in [5.74, 6) is 5.74. The lowest BCUT2D eigenvalue weighted by molar-refractivity contribution is 0.102. The van der Waals surface area contributed by atoms with E-state index in [1.54, 1.807) is 0 Å². The lowest BCUT2D eigenvalue weighted by Gasteiger charge is -2.06. The summed E-state index contributed by atoms with van der Waals surface area (Å²) >= 11 is 0. The summed E-state index contributed by atoms with van der Waals surface area (Å²) in [6.07, 6.45) is 2.25. The lowest BCUT2D eigenvalue weighted by atomic mass is 10.1. The molecule has 0 aliphatic carbocycles. The van der Waals surface area contributed by atoms with Gasteiger partial charge in [0.25, 0.3) is 0 Å². The Labute approximate surface area is 95.0 Å². The van der Waals surface area contributed by atoms with Gasteiger partial charge in [0.2, 0.25) is 0 Å². The fraction of sp³-hybridized carbons (Fsp3) is 0.417. The Kier molecular flexibility index (Phi) is 3.91. The van der Waals surface area contributed by atoms with E-state index in [0.29, 0.717) is 13.2 Å². The molecule has 0 saturated carbocycles. The molecule has 2 rings (SSSR count). The number of benzene rings is 1. The number of nitrogens with zero attached hydrogens (tertiary/aromatic N) is 1. The van der Waals surface area contributed by atoms with Gasteiger partial charge in [-0.15, -0.1) is 0 Å². The molecular weight excluding hydrogens is 204 g/mol. The van der Waals surface area contributed by atoms with Gasteiger partial charge in [0, 0.05) is 12.3 Å². The van der Waals surface area contributed by atoms with Crippen molar-refractivity contribution in [1.82, 2.24) is 0 Å². The highest BCUT2D eigenvalue weighted by Gasteiger charge is 2.08. The molecule has 0 amide bonds. The van der Waals surface area contributed by atoms with Crippen molar-refractivity contribution in [1.29, 1.82) is 0 Å². The third kappa shape index (κ3) is 2.81. The minimum Gasteiger partial charge on any atom is -0.491 e. The van der Waals surface area contributed by atoms with E-state index < -0.39 is 0 Å². The van der Waals surface area contributed by atoms with Crippen LogP contribution in [0.3, 0.4) is 0 Å². The van der Waals surface area contributed by atoms with Crippen molar-refractivity contribution in [2.45, 2.75) is 12.8 Å². The molecule has 0 bridgehead atoms. The van der Waals surface area contributed by atoms with Crippen LogP contribution in [0.2, 0.25) is 0 Å². The Hall–Kier alpha value is -1.39. The molecule has 0 aromatic heterocycles. The zero-order chi connectivity index (χ0) is 11.2. The highest BCUT2D eigenvalue weighted by molar-refractivity contribution is 6.01. The number of hydrogen-bond acceptors (Lipinski definition) is 4. The van der Waals surface area contributed by atoms with Gasteiger partial charge < -0.3 is 9.57 Å². The third-order valence-electron chi connectivity index (χ3n) is 2.53. The van der Waals surface area contributed by atoms with Gasteiger partial charge in [-0.05, 0) is 42.7 Å². The maximum absolute atomic E-state index is 5.42. The molecule has 16 heavy (non-hydrogen) atoms. The van der Waals surface area contributed by atoms with E-state index in [4.69, 9.17) is 10.6 Å². The van der Waals surface area contributed by atoms with Crippen molar-refractivity contribution < 1.29 is 9.57 Å². The molecule has 0 unspecified atom stereocenters. The predicted molar refractivity (Wildman–Crippen MR) is 62.7 cm³/mol. The molecule has 4 nitrogen and oxygen atoms in total. The molecule has 0 fully saturated rings. The second-order valence-corrected chi connectivity index (χ2v) is 3.68. The molecule has 2 N–H and O–H groups in total. The van der Waals surface area contributed by atoms with Crippen LogP contribution >= 0.6 is 0 Å². The topological polar surface area (TPSA) is 56.8 Å². The van der Waals surface area contributed by atoms with Crippen molar-refractivity contribution in [3.05, 3.63) is 29.8 Å². The van der Waals surface area contributed by atoms with Crippen LogP contribution in [0.25, 0.3) is 0 Å². The van der Waals surface area contributed by atoms with E-state index in [1.165, 1.54) is 17.7 Å². The Morgan fingerprint density at radius 1 is 1.19 bits per heavy atom. The summed E-state index contributed by atoms with van der Waals surface area (Å²) in [7, 11) is 0. The number of aliphatic imine (C=N–C) groups is 1. The van der Waals surface area contributed by atoms with E-state index in [2.05, 4.69) is 9.83 Å². The largest absolute Gasteiger partial charge is 0.491 e. The average molecular weight is 220 g/mol. The molecule has 1 aromatic rings. The molecule has 1 aromatic carbocycles. The molecule has 0 saturated heterocycles. The monoisotopic (exact) mass is 220 g/mol. The zero-order valence-corrected chi connectivity index (χ0v) is 9.19. The van der Waals surface area contributed by atoms with Gasteiger partial charge in [-0.3, -0.25) is 4.99 Å². The Morgan fingerprint density at radius 3 is 2.62 bits per heavy atom. The van der Waals surface area contributed by atoms with Crippen molar-refractivity contribution in [2.24, 2.45) is 10.9 Å². The summed E-state index contributed by atoms with van der Waals surface area (Å²) < 4.78 is 5.42. The molecule has 1 aliphatic heterocycles. The van der Waals surface area contributed by atoms with Crippen LogP contribution in [-0.2, 0) is 4.84 Å². The molecule has 4 heteroatoms. The van der Waals surface area contributed by atoms with E-state index >= 15 is 0 Å². The highest BCUT2D eigenvalue weighted by Crippen LogP contribution is 2.17. The van der Waals surface area contributed by atoms with Crippen molar-refractivity contribution in [3.8, 4) is 5.75 Å². The number of ether oxygens (including phenoxy) is 1. The molecule has 0 atom stereocenters. The van der Waals surface area contributed by atoms with E-state index in [1.807, 2.05) is 24.3 Å². The SMILES string of the molecule is NOCCOc1ccc(C2=NCCC2)cc1. The predicted octanol–water partition coefficient (Wildman–Crippen LogP) is 1.54. The minimum absolute atomic E-state index is 0.397. The normalized spacial score (nSPS) is 14.9. The van der Waals surface area contributed by atoms with Gasteiger partial charge in [0.05, 0.1) is 0 Å². The zero-order valence-electron chi connectivity index (χ0n) is 9.19.